The number of para-hydroxylation sites is 1. The maximum Gasteiger partial charge on any atom is 0.412 e. The molecule has 0 aliphatic carbocycles. The van der Waals surface area contributed by atoms with Crippen LogP contribution in [0.2, 0.25) is 0 Å². The van der Waals surface area contributed by atoms with E-state index in [0.717, 1.165) is 5.39 Å². The molecule has 9 heteroatoms. The number of aromatic nitrogens is 2. The Morgan fingerprint density at radius 2 is 2.18 bits per heavy atom. The van der Waals surface area contributed by atoms with E-state index < -0.39 is 17.1 Å². The van der Waals surface area contributed by atoms with E-state index in [1.165, 1.54) is 29.9 Å². The van der Waals surface area contributed by atoms with Crippen LogP contribution >= 0.6 is 0 Å². The van der Waals surface area contributed by atoms with Gasteiger partial charge in [-0.25, -0.2) is 9.48 Å². The van der Waals surface area contributed by atoms with Crippen molar-refractivity contribution in [2.24, 2.45) is 5.73 Å². The third-order valence-corrected chi connectivity index (χ3v) is 4.17. The van der Waals surface area contributed by atoms with E-state index in [4.69, 9.17) is 10.5 Å². The van der Waals surface area contributed by atoms with Gasteiger partial charge in [-0.05, 0) is 24.6 Å². The molecule has 0 aliphatic heterocycles. The standard InChI is InChI=1S/C19H19N5O4/c1-3-6-14(20)18-13-7-4-5-8-15(13)23(22-18)16-10-9-12(28-19(25)21-2)11-17(16)24(26)27/h3-5,7-11,14H,1,6,20H2,2H3,(H,21,25)/t14-/m0/s1. The minimum absolute atomic E-state index is 0.0508. The number of nitro groups is 1. The number of carbonyl (C=O) groups excluding carboxylic acids is 1. The molecule has 9 nitrogen and oxygen atoms in total. The predicted molar refractivity (Wildman–Crippen MR) is 105 cm³/mol. The second-order valence-electron chi connectivity index (χ2n) is 5.99. The Labute approximate surface area is 160 Å². The largest absolute Gasteiger partial charge is 0.412 e. The van der Waals surface area contributed by atoms with E-state index in [-0.39, 0.29) is 17.1 Å². The second-order valence-corrected chi connectivity index (χ2v) is 5.99. The summed E-state index contributed by atoms with van der Waals surface area (Å²) in [5.74, 6) is 0.0508. The highest BCUT2D eigenvalue weighted by Gasteiger charge is 2.23. The summed E-state index contributed by atoms with van der Waals surface area (Å²) in [7, 11) is 1.40. The van der Waals surface area contributed by atoms with E-state index in [0.29, 0.717) is 17.6 Å². The third-order valence-electron chi connectivity index (χ3n) is 4.17. The summed E-state index contributed by atoms with van der Waals surface area (Å²) in [6.07, 6.45) is 1.50. The topological polar surface area (TPSA) is 125 Å². The van der Waals surface area contributed by atoms with Crippen molar-refractivity contribution < 1.29 is 14.5 Å². The van der Waals surface area contributed by atoms with Crippen molar-refractivity contribution in [1.29, 1.82) is 0 Å². The minimum atomic E-state index is -0.718. The lowest BCUT2D eigenvalue weighted by atomic mass is 10.1. The van der Waals surface area contributed by atoms with Crippen molar-refractivity contribution in [2.75, 3.05) is 7.05 Å². The number of nitrogens with one attached hydrogen (secondary N) is 1. The number of rotatable bonds is 6. The summed E-state index contributed by atoms with van der Waals surface area (Å²) in [5, 5.41) is 19.3. The van der Waals surface area contributed by atoms with Crippen molar-refractivity contribution in [1.82, 2.24) is 15.1 Å². The van der Waals surface area contributed by atoms with Crippen LogP contribution in [0.1, 0.15) is 18.2 Å². The lowest BCUT2D eigenvalue weighted by molar-refractivity contribution is -0.384. The Morgan fingerprint density at radius 1 is 1.43 bits per heavy atom. The van der Waals surface area contributed by atoms with E-state index in [1.807, 2.05) is 24.3 Å². The molecule has 0 aliphatic rings. The van der Waals surface area contributed by atoms with Crippen molar-refractivity contribution in [3.63, 3.8) is 0 Å². The van der Waals surface area contributed by atoms with Crippen LogP contribution < -0.4 is 15.8 Å². The molecule has 144 valence electrons. The summed E-state index contributed by atoms with van der Waals surface area (Å²) in [4.78, 5) is 22.5. The van der Waals surface area contributed by atoms with E-state index in [9.17, 15) is 14.9 Å². The molecule has 0 spiro atoms. The van der Waals surface area contributed by atoms with Gasteiger partial charge in [-0.1, -0.05) is 24.3 Å². The molecule has 3 rings (SSSR count). The first-order valence-electron chi connectivity index (χ1n) is 8.48. The molecule has 0 bridgehead atoms. The maximum absolute atomic E-state index is 11.7. The fraction of sp³-hybridized carbons (Fsp3) is 0.158. The Hall–Kier alpha value is -3.72. The molecule has 1 amide bonds. The number of hydrogen-bond acceptors (Lipinski definition) is 6. The van der Waals surface area contributed by atoms with E-state index >= 15 is 0 Å². The number of carbonyl (C=O) groups is 1. The van der Waals surface area contributed by atoms with Gasteiger partial charge in [0.15, 0.2) is 0 Å². The van der Waals surface area contributed by atoms with Crippen LogP contribution in [0.15, 0.2) is 55.1 Å². The Kier molecular flexibility index (Phi) is 5.37. The van der Waals surface area contributed by atoms with E-state index in [1.54, 1.807) is 6.08 Å². The SMILES string of the molecule is C=CC[C@H](N)c1nn(-c2ccc(OC(=O)NC)cc2[N+](=O)[O-])c2ccccc12. The monoisotopic (exact) mass is 381 g/mol. The van der Waals surface area contributed by atoms with Crippen LogP contribution in [0.4, 0.5) is 10.5 Å². The normalized spacial score (nSPS) is 11.8. The summed E-state index contributed by atoms with van der Waals surface area (Å²) in [5.41, 5.74) is 7.50. The van der Waals surface area contributed by atoms with Gasteiger partial charge in [-0.2, -0.15) is 5.10 Å². The van der Waals surface area contributed by atoms with Gasteiger partial charge in [0.25, 0.3) is 5.69 Å². The molecule has 28 heavy (non-hydrogen) atoms. The molecule has 3 aromatic rings. The summed E-state index contributed by atoms with van der Waals surface area (Å²) >= 11 is 0. The summed E-state index contributed by atoms with van der Waals surface area (Å²) < 4.78 is 6.47. The van der Waals surface area contributed by atoms with Gasteiger partial charge in [0.05, 0.1) is 28.2 Å². The molecule has 0 unspecified atom stereocenters. The van der Waals surface area contributed by atoms with Gasteiger partial charge in [-0.15, -0.1) is 6.58 Å². The third kappa shape index (κ3) is 3.55. The van der Waals surface area contributed by atoms with Crippen molar-refractivity contribution in [2.45, 2.75) is 12.5 Å². The first-order valence-corrected chi connectivity index (χ1v) is 8.48. The van der Waals surface area contributed by atoms with Gasteiger partial charge in [-0.3, -0.25) is 10.1 Å². The average molecular weight is 381 g/mol. The molecular formula is C19H19N5O4. The molecule has 1 aromatic heterocycles. The zero-order chi connectivity index (χ0) is 20.3. The number of amides is 1. The van der Waals surface area contributed by atoms with Gasteiger partial charge < -0.3 is 15.8 Å². The molecule has 2 aromatic carbocycles. The number of ether oxygens (including phenoxy) is 1. The number of hydrogen-bond donors (Lipinski definition) is 2. The zero-order valence-corrected chi connectivity index (χ0v) is 15.2. The Bertz CT molecular complexity index is 1060. The van der Waals surface area contributed by atoms with Crippen molar-refractivity contribution in [3.05, 3.63) is 70.9 Å². The average Bonchev–Trinajstić information content (AvgIpc) is 3.07. The Balaban J connectivity index is 2.17. The van der Waals surface area contributed by atoms with Crippen molar-refractivity contribution in [3.8, 4) is 11.4 Å². The van der Waals surface area contributed by atoms with Crippen molar-refractivity contribution >= 4 is 22.7 Å². The highest BCUT2D eigenvalue weighted by Crippen LogP contribution is 2.32. The van der Waals surface area contributed by atoms with Gasteiger partial charge in [0, 0.05) is 12.4 Å². The number of benzene rings is 2. The van der Waals surface area contributed by atoms with Gasteiger partial charge in [0.2, 0.25) is 0 Å². The van der Waals surface area contributed by atoms with Crippen LogP contribution in [0.3, 0.4) is 0 Å². The van der Waals surface area contributed by atoms with Crippen LogP contribution in [0.25, 0.3) is 16.6 Å². The first-order chi connectivity index (χ1) is 13.5. The first kappa shape index (κ1) is 19.1. The fourth-order valence-electron chi connectivity index (χ4n) is 2.89. The van der Waals surface area contributed by atoms with Gasteiger partial charge >= 0.3 is 6.09 Å². The quantitative estimate of drug-likeness (QED) is 0.384. The lowest BCUT2D eigenvalue weighted by Gasteiger charge is -2.08. The summed E-state index contributed by atoms with van der Waals surface area (Å²) in [6.45, 7) is 3.70. The highest BCUT2D eigenvalue weighted by atomic mass is 16.6. The molecule has 0 radical (unpaired) electrons. The molecular weight excluding hydrogens is 362 g/mol. The Morgan fingerprint density at radius 3 is 2.86 bits per heavy atom. The molecule has 0 saturated carbocycles. The molecule has 0 fully saturated rings. The van der Waals surface area contributed by atoms with Crippen LogP contribution in [0.5, 0.6) is 5.75 Å². The second kappa shape index (κ2) is 7.89. The molecule has 3 N–H and O–H groups in total. The minimum Gasteiger partial charge on any atom is -0.410 e. The zero-order valence-electron chi connectivity index (χ0n) is 15.2. The number of nitrogens with two attached hydrogens (primary N) is 1. The van der Waals surface area contributed by atoms with Crippen LogP contribution in [-0.4, -0.2) is 27.8 Å². The number of fused-ring (bicyclic) bond motifs is 1. The van der Waals surface area contributed by atoms with Crippen LogP contribution in [-0.2, 0) is 0 Å². The molecule has 0 saturated heterocycles. The predicted octanol–water partition coefficient (Wildman–Crippen LogP) is 3.23. The maximum atomic E-state index is 11.7. The number of nitro benzene ring substituents is 1. The molecule has 1 heterocycles. The van der Waals surface area contributed by atoms with Gasteiger partial charge in [0.1, 0.15) is 11.4 Å². The fourth-order valence-corrected chi connectivity index (χ4v) is 2.89. The number of nitrogens with zero attached hydrogens (tertiary/aromatic N) is 3. The van der Waals surface area contributed by atoms with E-state index in [2.05, 4.69) is 17.0 Å². The highest BCUT2D eigenvalue weighted by molar-refractivity contribution is 5.85. The lowest BCUT2D eigenvalue weighted by Crippen LogP contribution is -2.22. The summed E-state index contributed by atoms with van der Waals surface area (Å²) in [6, 6.07) is 11.1. The molecule has 1 atom stereocenters. The van der Waals surface area contributed by atoms with Crippen LogP contribution in [0, 0.1) is 10.1 Å². The smallest absolute Gasteiger partial charge is 0.410 e.